The van der Waals surface area contributed by atoms with Gasteiger partial charge < -0.3 is 19.9 Å². The van der Waals surface area contributed by atoms with Crippen molar-refractivity contribution in [3.8, 4) is 0 Å². The molecule has 0 saturated carbocycles. The zero-order valence-corrected chi connectivity index (χ0v) is 14.3. The summed E-state index contributed by atoms with van der Waals surface area (Å²) < 4.78 is 5.14. The lowest BCUT2D eigenvalue weighted by molar-refractivity contribution is -0.133. The fraction of sp³-hybridized carbons (Fsp3) is 0.500. The van der Waals surface area contributed by atoms with Crippen LogP contribution in [0.2, 0.25) is 0 Å². The molecule has 3 rings (SSSR count). The van der Waals surface area contributed by atoms with E-state index in [9.17, 15) is 4.79 Å². The van der Waals surface area contributed by atoms with E-state index in [1.807, 2.05) is 22.2 Å². The Kier molecular flexibility index (Phi) is 5.72. The largest absolute Gasteiger partial charge is 0.380 e. The Balaban J connectivity index is 1.42. The Morgan fingerprint density at radius 1 is 1.12 bits per heavy atom. The molecule has 1 fully saturated rings. The van der Waals surface area contributed by atoms with E-state index in [0.29, 0.717) is 13.2 Å². The second-order valence-corrected chi connectivity index (χ2v) is 6.33. The van der Waals surface area contributed by atoms with Crippen LogP contribution in [-0.2, 0) is 22.7 Å². The number of amides is 1. The summed E-state index contributed by atoms with van der Waals surface area (Å²) in [6, 6.07) is 8.57. The Morgan fingerprint density at radius 3 is 2.46 bits per heavy atom. The monoisotopic (exact) mass is 330 g/mol. The Hall–Kier alpha value is -2.05. The van der Waals surface area contributed by atoms with Crippen LogP contribution < -0.4 is 5.32 Å². The van der Waals surface area contributed by atoms with Crippen LogP contribution in [0.4, 0.5) is 0 Å². The highest BCUT2D eigenvalue weighted by molar-refractivity contribution is 5.78. The summed E-state index contributed by atoms with van der Waals surface area (Å²) in [4.78, 5) is 18.7. The number of carbonyl (C=O) groups excluding carboxylic acids is 1. The minimum absolute atomic E-state index is 0.215. The fourth-order valence-corrected chi connectivity index (χ4v) is 3.08. The summed E-state index contributed by atoms with van der Waals surface area (Å²) in [5.41, 5.74) is 2.50. The van der Waals surface area contributed by atoms with Gasteiger partial charge in [0.25, 0.3) is 0 Å². The third kappa shape index (κ3) is 4.49. The van der Waals surface area contributed by atoms with Crippen LogP contribution in [0.1, 0.15) is 11.1 Å². The standard InChI is InChI=1S/C18H26N4O2/c1-24-14-17-4-2-16(3-5-17)12-20-8-10-22(11-9-20)18(23)13-21-7-6-19-15-21/h2-7,19H,8-15H2,1H3. The third-order valence-corrected chi connectivity index (χ3v) is 4.50. The molecule has 2 heterocycles. The molecule has 0 spiro atoms. The molecule has 0 unspecified atom stereocenters. The lowest BCUT2D eigenvalue weighted by Gasteiger charge is -2.35. The molecule has 1 aromatic carbocycles. The van der Waals surface area contributed by atoms with Crippen molar-refractivity contribution in [3.05, 3.63) is 47.8 Å². The zero-order chi connectivity index (χ0) is 16.8. The molecule has 6 nitrogen and oxygen atoms in total. The summed E-state index contributed by atoms with van der Waals surface area (Å²) >= 11 is 0. The van der Waals surface area contributed by atoms with E-state index in [4.69, 9.17) is 4.74 Å². The fourth-order valence-electron chi connectivity index (χ4n) is 3.08. The van der Waals surface area contributed by atoms with Crippen molar-refractivity contribution in [3.63, 3.8) is 0 Å². The van der Waals surface area contributed by atoms with E-state index in [1.165, 1.54) is 11.1 Å². The molecule has 1 N–H and O–H groups in total. The van der Waals surface area contributed by atoms with E-state index < -0.39 is 0 Å². The summed E-state index contributed by atoms with van der Waals surface area (Å²) in [7, 11) is 1.71. The summed E-state index contributed by atoms with van der Waals surface area (Å²) in [6.45, 7) is 6.27. The second kappa shape index (κ2) is 8.17. The highest BCUT2D eigenvalue weighted by Crippen LogP contribution is 2.11. The lowest BCUT2D eigenvalue weighted by Crippen LogP contribution is -2.50. The van der Waals surface area contributed by atoms with Crippen molar-refractivity contribution in [1.29, 1.82) is 0 Å². The van der Waals surface area contributed by atoms with Gasteiger partial charge >= 0.3 is 0 Å². The molecule has 0 aliphatic carbocycles. The van der Waals surface area contributed by atoms with Gasteiger partial charge in [-0.25, -0.2) is 0 Å². The first-order chi connectivity index (χ1) is 11.7. The van der Waals surface area contributed by atoms with E-state index >= 15 is 0 Å². The maximum atomic E-state index is 12.3. The van der Waals surface area contributed by atoms with E-state index in [0.717, 1.165) is 39.4 Å². The Bertz CT molecular complexity index is 565. The van der Waals surface area contributed by atoms with Crippen LogP contribution in [0.3, 0.4) is 0 Å². The first-order valence-electron chi connectivity index (χ1n) is 8.45. The number of ether oxygens (including phenoxy) is 1. The van der Waals surface area contributed by atoms with E-state index in [1.54, 1.807) is 7.11 Å². The van der Waals surface area contributed by atoms with Crippen LogP contribution in [-0.4, -0.2) is 67.1 Å². The predicted octanol–water partition coefficient (Wildman–Crippen LogP) is 0.811. The van der Waals surface area contributed by atoms with Crippen LogP contribution in [0.15, 0.2) is 36.7 Å². The van der Waals surface area contributed by atoms with Gasteiger partial charge in [0.05, 0.1) is 19.8 Å². The number of hydrogen-bond donors (Lipinski definition) is 1. The van der Waals surface area contributed by atoms with Crippen molar-refractivity contribution < 1.29 is 9.53 Å². The minimum Gasteiger partial charge on any atom is -0.380 e. The highest BCUT2D eigenvalue weighted by atomic mass is 16.5. The molecule has 2 aliphatic rings. The number of methoxy groups -OCH3 is 1. The molecule has 1 saturated heterocycles. The molecule has 130 valence electrons. The van der Waals surface area contributed by atoms with Gasteiger partial charge in [0.15, 0.2) is 0 Å². The predicted molar refractivity (Wildman–Crippen MR) is 92.9 cm³/mol. The molecular formula is C18H26N4O2. The number of benzene rings is 1. The van der Waals surface area contributed by atoms with Crippen molar-refractivity contribution in [2.45, 2.75) is 13.2 Å². The molecule has 2 aliphatic heterocycles. The number of nitrogens with zero attached hydrogens (tertiary/aromatic N) is 3. The van der Waals surface area contributed by atoms with Gasteiger partial charge in [-0.3, -0.25) is 9.69 Å². The SMILES string of the molecule is COCc1ccc(CN2CCN(C(=O)CN3C=CNC3)CC2)cc1. The van der Waals surface area contributed by atoms with Crippen molar-refractivity contribution >= 4 is 5.91 Å². The molecule has 0 bridgehead atoms. The first-order valence-corrected chi connectivity index (χ1v) is 8.45. The molecule has 1 aromatic rings. The minimum atomic E-state index is 0.215. The van der Waals surface area contributed by atoms with Gasteiger partial charge in [0.2, 0.25) is 5.91 Å². The molecule has 0 aromatic heterocycles. The van der Waals surface area contributed by atoms with E-state index in [-0.39, 0.29) is 5.91 Å². The molecule has 0 atom stereocenters. The van der Waals surface area contributed by atoms with E-state index in [2.05, 4.69) is 34.5 Å². The second-order valence-electron chi connectivity index (χ2n) is 6.33. The Labute approximate surface area is 143 Å². The van der Waals surface area contributed by atoms with Gasteiger partial charge in [-0.1, -0.05) is 24.3 Å². The Morgan fingerprint density at radius 2 is 1.83 bits per heavy atom. The summed E-state index contributed by atoms with van der Waals surface area (Å²) in [5, 5.41) is 3.09. The van der Waals surface area contributed by atoms with Crippen molar-refractivity contribution in [2.75, 3.05) is 46.5 Å². The molecule has 1 amide bonds. The maximum absolute atomic E-state index is 12.3. The molecular weight excluding hydrogens is 304 g/mol. The third-order valence-electron chi connectivity index (χ3n) is 4.50. The van der Waals surface area contributed by atoms with Crippen LogP contribution in [0, 0.1) is 0 Å². The summed E-state index contributed by atoms with van der Waals surface area (Å²) in [5.74, 6) is 0.215. The molecule has 0 radical (unpaired) electrons. The smallest absolute Gasteiger partial charge is 0.242 e. The van der Waals surface area contributed by atoms with Gasteiger partial charge in [0, 0.05) is 52.2 Å². The normalized spacial score (nSPS) is 18.0. The van der Waals surface area contributed by atoms with Gasteiger partial charge in [0.1, 0.15) is 0 Å². The van der Waals surface area contributed by atoms with Gasteiger partial charge in [-0.15, -0.1) is 0 Å². The van der Waals surface area contributed by atoms with Crippen LogP contribution >= 0.6 is 0 Å². The number of hydrogen-bond acceptors (Lipinski definition) is 5. The summed E-state index contributed by atoms with van der Waals surface area (Å²) in [6.07, 6.45) is 3.81. The van der Waals surface area contributed by atoms with Crippen LogP contribution in [0.5, 0.6) is 0 Å². The topological polar surface area (TPSA) is 48.1 Å². The number of piperazine rings is 1. The number of nitrogens with one attached hydrogen (secondary N) is 1. The molecule has 24 heavy (non-hydrogen) atoms. The van der Waals surface area contributed by atoms with Crippen molar-refractivity contribution in [2.24, 2.45) is 0 Å². The highest BCUT2D eigenvalue weighted by Gasteiger charge is 2.22. The van der Waals surface area contributed by atoms with Gasteiger partial charge in [-0.05, 0) is 11.1 Å². The first kappa shape index (κ1) is 16.8. The quantitative estimate of drug-likeness (QED) is 0.836. The lowest BCUT2D eigenvalue weighted by atomic mass is 10.1. The molecule has 6 heteroatoms. The maximum Gasteiger partial charge on any atom is 0.242 e. The average molecular weight is 330 g/mol. The van der Waals surface area contributed by atoms with Crippen molar-refractivity contribution in [1.82, 2.24) is 20.0 Å². The van der Waals surface area contributed by atoms with Gasteiger partial charge in [-0.2, -0.15) is 0 Å². The number of carbonyl (C=O) groups is 1. The number of rotatable bonds is 6. The zero-order valence-electron chi connectivity index (χ0n) is 14.3. The van der Waals surface area contributed by atoms with Crippen LogP contribution in [0.25, 0.3) is 0 Å². The average Bonchev–Trinajstić information content (AvgIpc) is 3.10.